The van der Waals surface area contributed by atoms with Crippen LogP contribution in [-0.4, -0.2) is 15.0 Å². The zero-order valence-electron chi connectivity index (χ0n) is 9.96. The van der Waals surface area contributed by atoms with Crippen molar-refractivity contribution in [2.45, 2.75) is 6.92 Å². The minimum Gasteiger partial charge on any atom is -0.339 e. The number of anilines is 2. The maximum Gasteiger partial charge on any atom is 0.178 e. The number of aromatic nitrogens is 3. The summed E-state index contributed by atoms with van der Waals surface area (Å²) in [7, 11) is 0. The van der Waals surface area contributed by atoms with Crippen molar-refractivity contribution in [1.82, 2.24) is 15.0 Å². The van der Waals surface area contributed by atoms with Crippen LogP contribution in [0.1, 0.15) is 5.69 Å². The number of pyridine rings is 1. The molecule has 0 aliphatic carbocycles. The molecule has 0 saturated heterocycles. The van der Waals surface area contributed by atoms with Gasteiger partial charge >= 0.3 is 0 Å². The number of hydrogen-bond acceptors (Lipinski definition) is 4. The number of aryl methyl sites for hydroxylation is 1. The zero-order valence-corrected chi connectivity index (χ0v) is 9.96. The topological polar surface area (TPSA) is 50.7 Å². The highest BCUT2D eigenvalue weighted by molar-refractivity contribution is 5.73. The average molecular weight is 236 g/mol. The predicted molar refractivity (Wildman–Crippen MR) is 71.8 cm³/mol. The molecule has 0 amide bonds. The Morgan fingerprint density at radius 1 is 0.944 bits per heavy atom. The van der Waals surface area contributed by atoms with E-state index in [2.05, 4.69) is 20.3 Å². The Morgan fingerprint density at radius 3 is 2.61 bits per heavy atom. The fraction of sp³-hybridized carbons (Fsp3) is 0.0714. The second kappa shape index (κ2) is 4.41. The van der Waals surface area contributed by atoms with E-state index in [1.807, 2.05) is 49.4 Å². The Bertz CT molecular complexity index is 680. The summed E-state index contributed by atoms with van der Waals surface area (Å²) in [5.41, 5.74) is 3.30. The first-order chi connectivity index (χ1) is 8.83. The number of fused-ring (bicyclic) bond motifs is 1. The summed E-state index contributed by atoms with van der Waals surface area (Å²) in [6.07, 6.45) is 1.72. The molecule has 3 aromatic rings. The van der Waals surface area contributed by atoms with Crippen LogP contribution in [0.4, 0.5) is 11.5 Å². The molecule has 1 N–H and O–H groups in total. The lowest BCUT2D eigenvalue weighted by Crippen LogP contribution is -2.00. The van der Waals surface area contributed by atoms with Crippen LogP contribution in [0, 0.1) is 6.92 Å². The fourth-order valence-electron chi connectivity index (χ4n) is 1.75. The summed E-state index contributed by atoms with van der Waals surface area (Å²) in [6.45, 7) is 1.92. The van der Waals surface area contributed by atoms with Gasteiger partial charge in [0, 0.05) is 11.9 Å². The molecule has 0 atom stereocenters. The fourth-order valence-corrected chi connectivity index (χ4v) is 1.75. The van der Waals surface area contributed by atoms with Crippen molar-refractivity contribution in [3.8, 4) is 0 Å². The Balaban J connectivity index is 2.04. The molecule has 2 aromatic heterocycles. The maximum atomic E-state index is 4.53. The second-order valence-corrected chi connectivity index (χ2v) is 3.99. The summed E-state index contributed by atoms with van der Waals surface area (Å²) < 4.78 is 0. The van der Waals surface area contributed by atoms with E-state index in [0.29, 0.717) is 5.65 Å². The van der Waals surface area contributed by atoms with Crippen LogP contribution >= 0.6 is 0 Å². The molecule has 88 valence electrons. The highest BCUT2D eigenvalue weighted by Gasteiger charge is 2.05. The molecule has 0 unspecified atom stereocenters. The van der Waals surface area contributed by atoms with E-state index in [1.165, 1.54) is 0 Å². The summed E-state index contributed by atoms with van der Waals surface area (Å²) >= 11 is 0. The molecule has 3 rings (SSSR count). The van der Waals surface area contributed by atoms with Crippen LogP contribution in [0.2, 0.25) is 0 Å². The molecular formula is C14H12N4. The van der Waals surface area contributed by atoms with Crippen molar-refractivity contribution in [3.05, 3.63) is 54.4 Å². The van der Waals surface area contributed by atoms with Crippen molar-refractivity contribution < 1.29 is 0 Å². The number of nitrogens with zero attached hydrogens (tertiary/aromatic N) is 3. The van der Waals surface area contributed by atoms with Crippen LogP contribution < -0.4 is 5.32 Å². The molecule has 0 saturated carbocycles. The van der Waals surface area contributed by atoms with Crippen molar-refractivity contribution in [3.63, 3.8) is 0 Å². The van der Waals surface area contributed by atoms with Gasteiger partial charge in [0.2, 0.25) is 0 Å². The van der Waals surface area contributed by atoms with Crippen LogP contribution in [0.5, 0.6) is 0 Å². The van der Waals surface area contributed by atoms with Gasteiger partial charge in [0.1, 0.15) is 5.52 Å². The van der Waals surface area contributed by atoms with Crippen LogP contribution in [0.25, 0.3) is 11.2 Å². The molecule has 0 spiro atoms. The summed E-state index contributed by atoms with van der Waals surface area (Å²) in [6, 6.07) is 13.7. The Labute approximate surface area is 105 Å². The van der Waals surface area contributed by atoms with E-state index >= 15 is 0 Å². The van der Waals surface area contributed by atoms with E-state index in [-0.39, 0.29) is 0 Å². The largest absolute Gasteiger partial charge is 0.339 e. The third-order valence-electron chi connectivity index (χ3n) is 2.65. The van der Waals surface area contributed by atoms with Gasteiger partial charge in [-0.2, -0.15) is 0 Å². The first-order valence-corrected chi connectivity index (χ1v) is 5.74. The number of para-hydroxylation sites is 1. The van der Waals surface area contributed by atoms with Crippen molar-refractivity contribution in [2.24, 2.45) is 0 Å². The number of rotatable bonds is 2. The molecule has 4 heteroatoms. The van der Waals surface area contributed by atoms with Gasteiger partial charge in [-0.05, 0) is 31.2 Å². The smallest absolute Gasteiger partial charge is 0.178 e. The Morgan fingerprint density at radius 2 is 1.78 bits per heavy atom. The SMILES string of the molecule is Cc1nc2ncccc2nc1Nc1ccccc1. The Hall–Kier alpha value is -2.49. The predicted octanol–water partition coefficient (Wildman–Crippen LogP) is 3.08. The molecule has 0 bridgehead atoms. The van der Waals surface area contributed by atoms with Crippen molar-refractivity contribution in [1.29, 1.82) is 0 Å². The standard InChI is InChI=1S/C14H12N4/c1-10-13(17-11-6-3-2-4-7-11)18-12-8-5-9-15-14(12)16-10/h2-9H,1H3,(H,17,18). The van der Waals surface area contributed by atoms with Crippen molar-refractivity contribution >= 4 is 22.7 Å². The Kier molecular flexibility index (Phi) is 2.61. The number of nitrogens with one attached hydrogen (secondary N) is 1. The third-order valence-corrected chi connectivity index (χ3v) is 2.65. The lowest BCUT2D eigenvalue weighted by molar-refractivity contribution is 1.15. The second-order valence-electron chi connectivity index (χ2n) is 3.99. The molecule has 2 heterocycles. The van der Waals surface area contributed by atoms with Gasteiger partial charge in [0.05, 0.1) is 5.69 Å². The third kappa shape index (κ3) is 2.00. The van der Waals surface area contributed by atoms with Gasteiger partial charge < -0.3 is 5.32 Å². The summed E-state index contributed by atoms with van der Waals surface area (Å²) in [5, 5.41) is 3.26. The molecular weight excluding hydrogens is 224 g/mol. The van der Waals surface area contributed by atoms with E-state index in [0.717, 1.165) is 22.7 Å². The molecule has 4 nitrogen and oxygen atoms in total. The van der Waals surface area contributed by atoms with Crippen LogP contribution in [0.15, 0.2) is 48.7 Å². The van der Waals surface area contributed by atoms with Crippen LogP contribution in [-0.2, 0) is 0 Å². The molecule has 1 aromatic carbocycles. The maximum absolute atomic E-state index is 4.53. The minimum atomic E-state index is 0.675. The molecule has 18 heavy (non-hydrogen) atoms. The summed E-state index contributed by atoms with van der Waals surface area (Å²) in [4.78, 5) is 13.2. The van der Waals surface area contributed by atoms with Crippen molar-refractivity contribution in [2.75, 3.05) is 5.32 Å². The van der Waals surface area contributed by atoms with Crippen LogP contribution in [0.3, 0.4) is 0 Å². The molecule has 0 aliphatic heterocycles. The van der Waals surface area contributed by atoms with Gasteiger partial charge in [0.15, 0.2) is 11.5 Å². The average Bonchev–Trinajstić information content (AvgIpc) is 2.41. The zero-order chi connectivity index (χ0) is 12.4. The normalized spacial score (nSPS) is 10.5. The van der Waals surface area contributed by atoms with E-state index in [4.69, 9.17) is 0 Å². The highest BCUT2D eigenvalue weighted by Crippen LogP contribution is 2.18. The van der Waals surface area contributed by atoms with E-state index in [9.17, 15) is 0 Å². The van der Waals surface area contributed by atoms with E-state index < -0.39 is 0 Å². The molecule has 0 aliphatic rings. The lowest BCUT2D eigenvalue weighted by atomic mass is 10.3. The minimum absolute atomic E-state index is 0.675. The van der Waals surface area contributed by atoms with Gasteiger partial charge in [-0.15, -0.1) is 0 Å². The highest BCUT2D eigenvalue weighted by atomic mass is 15.0. The van der Waals surface area contributed by atoms with Gasteiger partial charge in [-0.3, -0.25) is 0 Å². The first kappa shape index (κ1) is 10.7. The molecule has 0 fully saturated rings. The number of hydrogen-bond donors (Lipinski definition) is 1. The summed E-state index contributed by atoms with van der Waals surface area (Å²) in [5.74, 6) is 0.765. The first-order valence-electron chi connectivity index (χ1n) is 5.74. The monoisotopic (exact) mass is 236 g/mol. The van der Waals surface area contributed by atoms with Gasteiger partial charge in [-0.1, -0.05) is 18.2 Å². The lowest BCUT2D eigenvalue weighted by Gasteiger charge is -2.08. The molecule has 0 radical (unpaired) electrons. The van der Waals surface area contributed by atoms with Gasteiger partial charge in [0.25, 0.3) is 0 Å². The quantitative estimate of drug-likeness (QED) is 0.742. The van der Waals surface area contributed by atoms with E-state index in [1.54, 1.807) is 6.20 Å². The number of benzene rings is 1. The van der Waals surface area contributed by atoms with Gasteiger partial charge in [-0.25, -0.2) is 15.0 Å².